The van der Waals surface area contributed by atoms with Crippen LogP contribution in [0.3, 0.4) is 0 Å². The molecule has 272 valence electrons. The second kappa shape index (κ2) is 12.1. The Morgan fingerprint density at radius 1 is 1.08 bits per heavy atom. The number of rotatable bonds is 8. The van der Waals surface area contributed by atoms with E-state index in [-0.39, 0.29) is 22.7 Å². The van der Waals surface area contributed by atoms with Gasteiger partial charge in [0.1, 0.15) is 21.9 Å². The summed E-state index contributed by atoms with van der Waals surface area (Å²) in [5, 5.41) is 3.07. The normalized spacial score (nSPS) is 25.2. The number of hydrogen-bond donors (Lipinski definition) is 2. The largest absolute Gasteiger partial charge is 0.598 e. The molecule has 10 nitrogen and oxygen atoms in total. The highest BCUT2D eigenvalue weighted by Gasteiger charge is 2.61. The first kappa shape index (κ1) is 35.9. The van der Waals surface area contributed by atoms with E-state index in [1.165, 1.54) is 6.07 Å². The van der Waals surface area contributed by atoms with Gasteiger partial charge in [-0.25, -0.2) is 15.0 Å². The van der Waals surface area contributed by atoms with Crippen LogP contribution in [0.15, 0.2) is 48.8 Å². The molecule has 0 saturated heterocycles. The lowest BCUT2D eigenvalue weighted by molar-refractivity contribution is -0.0725. The zero-order chi connectivity index (χ0) is 36.9. The molecule has 4 heterocycles. The van der Waals surface area contributed by atoms with Crippen molar-refractivity contribution in [2.24, 2.45) is 0 Å². The molecule has 4 aromatic rings. The number of carbonyl (C=O) groups excluding carboxylic acids is 1. The Hall–Kier alpha value is -3.43. The standard InChI is InChI=1S/C37H46F2N6O4SSi/c1-34(2,3)50(47)44-37(19-36(7,20-37)49-51(8,9)35(4,5)6)32-40-17-22(18-41-32)21-13-14-24-26(15-21)45-27-16-25(30(45)42-24)43-31(46)23-11-10-12-28(29(23)27)48-33(38)39/h10-15,17-18,25,27,33,44H,16,19-20H2,1-9H3,(H,43,46)/t25-,27+,36-,37+,50+/m0/s1. The van der Waals surface area contributed by atoms with E-state index in [2.05, 4.69) is 50.8 Å². The molecule has 2 aliphatic heterocycles. The number of alkyl halides is 2. The Labute approximate surface area is 301 Å². The minimum absolute atomic E-state index is 0.0186. The van der Waals surface area contributed by atoms with Gasteiger partial charge in [-0.2, -0.15) is 8.78 Å². The summed E-state index contributed by atoms with van der Waals surface area (Å²) in [5.74, 6) is 0.869. The van der Waals surface area contributed by atoms with Crippen molar-refractivity contribution in [3.05, 3.63) is 71.6 Å². The van der Waals surface area contributed by atoms with Gasteiger partial charge in [0, 0.05) is 53.3 Å². The molecule has 0 radical (unpaired) electrons. The van der Waals surface area contributed by atoms with Crippen LogP contribution in [0.25, 0.3) is 22.2 Å². The van der Waals surface area contributed by atoms with Crippen LogP contribution < -0.4 is 14.8 Å². The van der Waals surface area contributed by atoms with Crippen molar-refractivity contribution in [1.29, 1.82) is 0 Å². The molecule has 2 aromatic heterocycles. The van der Waals surface area contributed by atoms with Gasteiger partial charge < -0.3 is 23.6 Å². The summed E-state index contributed by atoms with van der Waals surface area (Å²) in [6.45, 7) is 16.1. The average Bonchev–Trinajstić information content (AvgIpc) is 3.50. The minimum Gasteiger partial charge on any atom is -0.598 e. The molecule has 1 aliphatic carbocycles. The van der Waals surface area contributed by atoms with Crippen molar-refractivity contribution in [2.75, 3.05) is 0 Å². The van der Waals surface area contributed by atoms with Crippen molar-refractivity contribution in [1.82, 2.24) is 29.6 Å². The molecule has 1 saturated carbocycles. The third-order valence-electron chi connectivity index (χ3n) is 10.9. The maximum absolute atomic E-state index is 13.5. The number of fused-ring (bicyclic) bond motifs is 9. The molecule has 7 rings (SSSR count). The number of nitrogens with zero attached hydrogens (tertiary/aromatic N) is 4. The maximum atomic E-state index is 13.5. The quantitative estimate of drug-likeness (QED) is 0.139. The third kappa shape index (κ3) is 6.26. The van der Waals surface area contributed by atoms with Crippen LogP contribution >= 0.6 is 0 Å². The van der Waals surface area contributed by atoms with Crippen molar-refractivity contribution in [3.8, 4) is 16.9 Å². The SMILES string of the molecule is CC(C)(C)[S@@+]([O-])N[C@]1(c2ncc(-c3ccc4nc5n(c4c3)[C@@H]3C[C@@H]5NC(=O)c4cccc(OC(F)F)c43)cn2)C[C@](C)(O[Si](C)(C)C(C)(C)C)C1. The number of imidazole rings is 1. The third-order valence-corrected chi connectivity index (χ3v) is 17.2. The number of aromatic nitrogens is 4. The van der Waals surface area contributed by atoms with Crippen LogP contribution in [-0.4, -0.2) is 55.3 Å². The predicted molar refractivity (Wildman–Crippen MR) is 195 cm³/mol. The Balaban J connectivity index is 1.23. The molecule has 2 aromatic carbocycles. The Morgan fingerprint density at radius 2 is 1.76 bits per heavy atom. The van der Waals surface area contributed by atoms with Gasteiger partial charge in [-0.05, 0) is 82.1 Å². The fourth-order valence-corrected chi connectivity index (χ4v) is 10.2. The van der Waals surface area contributed by atoms with Gasteiger partial charge in [-0.1, -0.05) is 32.9 Å². The molecule has 0 spiro atoms. The molecule has 0 unspecified atom stereocenters. The average molecular weight is 737 g/mol. The number of carbonyl (C=O) groups is 1. The lowest BCUT2D eigenvalue weighted by atomic mass is 9.66. The maximum Gasteiger partial charge on any atom is 0.387 e. The van der Waals surface area contributed by atoms with Crippen LogP contribution in [0, 0.1) is 0 Å². The summed E-state index contributed by atoms with van der Waals surface area (Å²) in [6.07, 6.45) is 5.20. The van der Waals surface area contributed by atoms with Crippen molar-refractivity contribution in [2.45, 2.75) is 120 Å². The highest BCUT2D eigenvalue weighted by Crippen LogP contribution is 2.54. The first-order valence-electron chi connectivity index (χ1n) is 17.3. The topological polar surface area (TPSA) is 126 Å². The highest BCUT2D eigenvalue weighted by atomic mass is 32.2. The molecule has 51 heavy (non-hydrogen) atoms. The number of amides is 1. The van der Waals surface area contributed by atoms with E-state index in [9.17, 15) is 18.1 Å². The van der Waals surface area contributed by atoms with Crippen LogP contribution in [-0.2, 0) is 21.3 Å². The van der Waals surface area contributed by atoms with Crippen LogP contribution in [0.5, 0.6) is 5.75 Å². The van der Waals surface area contributed by atoms with E-state index in [1.54, 1.807) is 24.5 Å². The Morgan fingerprint density at radius 3 is 2.39 bits per heavy atom. The molecular formula is C37H46F2N6O4SSi. The summed E-state index contributed by atoms with van der Waals surface area (Å²) in [6, 6.07) is 9.68. The molecule has 2 bridgehead atoms. The second-order valence-corrected chi connectivity index (χ2v) is 23.6. The lowest BCUT2D eigenvalue weighted by Crippen LogP contribution is -2.67. The predicted octanol–water partition coefficient (Wildman–Crippen LogP) is 7.69. The second-order valence-electron chi connectivity index (χ2n) is 16.9. The van der Waals surface area contributed by atoms with E-state index in [1.807, 2.05) is 43.5 Å². The molecule has 1 fully saturated rings. The summed E-state index contributed by atoms with van der Waals surface area (Å²) in [5.41, 5.74) is 2.72. The van der Waals surface area contributed by atoms with Crippen molar-refractivity contribution >= 4 is 36.6 Å². The van der Waals surface area contributed by atoms with Crippen molar-refractivity contribution in [3.63, 3.8) is 0 Å². The van der Waals surface area contributed by atoms with E-state index in [4.69, 9.17) is 24.1 Å². The molecule has 3 atom stereocenters. The number of ether oxygens (including phenoxy) is 1. The van der Waals surface area contributed by atoms with E-state index in [0.29, 0.717) is 47.6 Å². The number of benzene rings is 2. The first-order chi connectivity index (χ1) is 23.7. The fourth-order valence-electron chi connectivity index (χ4n) is 7.59. The van der Waals surface area contributed by atoms with Gasteiger partial charge in [0.2, 0.25) is 0 Å². The summed E-state index contributed by atoms with van der Waals surface area (Å²) >= 11 is -1.37. The van der Waals surface area contributed by atoms with Gasteiger partial charge in [0.15, 0.2) is 14.1 Å². The highest BCUT2D eigenvalue weighted by molar-refractivity contribution is 7.90. The monoisotopic (exact) mass is 736 g/mol. The van der Waals surface area contributed by atoms with Gasteiger partial charge in [-0.3, -0.25) is 4.79 Å². The van der Waals surface area contributed by atoms with E-state index in [0.717, 1.165) is 16.6 Å². The molecule has 1 amide bonds. The Bertz CT molecular complexity index is 2000. The molecule has 14 heteroatoms. The molecule has 3 aliphatic rings. The molecule has 2 N–H and O–H groups in total. The zero-order valence-electron chi connectivity index (χ0n) is 30.6. The number of halogens is 2. The smallest absolute Gasteiger partial charge is 0.387 e. The molecular weight excluding hydrogens is 691 g/mol. The van der Waals surface area contributed by atoms with Crippen LogP contribution in [0.1, 0.15) is 107 Å². The summed E-state index contributed by atoms with van der Waals surface area (Å²) < 4.78 is 57.2. The number of nitrogens with one attached hydrogen (secondary N) is 2. The van der Waals surface area contributed by atoms with E-state index < -0.39 is 48.2 Å². The van der Waals surface area contributed by atoms with Gasteiger partial charge in [0.25, 0.3) is 5.91 Å². The van der Waals surface area contributed by atoms with E-state index >= 15 is 0 Å². The van der Waals surface area contributed by atoms with Crippen LogP contribution in [0.2, 0.25) is 18.1 Å². The van der Waals surface area contributed by atoms with Gasteiger partial charge in [-0.15, -0.1) is 4.72 Å². The lowest BCUT2D eigenvalue weighted by Gasteiger charge is -2.56. The van der Waals surface area contributed by atoms with Gasteiger partial charge >= 0.3 is 6.61 Å². The first-order valence-corrected chi connectivity index (χ1v) is 21.4. The number of hydrogen-bond acceptors (Lipinski definition) is 8. The van der Waals surface area contributed by atoms with Crippen LogP contribution in [0.4, 0.5) is 8.78 Å². The Kier molecular flexibility index (Phi) is 8.50. The van der Waals surface area contributed by atoms with Gasteiger partial charge in [0.05, 0.1) is 28.7 Å². The zero-order valence-corrected chi connectivity index (χ0v) is 32.4. The summed E-state index contributed by atoms with van der Waals surface area (Å²) in [7, 11) is -2.08. The minimum atomic E-state index is -3.03. The fraction of sp³-hybridized carbons (Fsp3) is 0.514. The summed E-state index contributed by atoms with van der Waals surface area (Å²) in [4.78, 5) is 27.7. The van der Waals surface area contributed by atoms with Crippen molar-refractivity contribution < 1.29 is 27.3 Å².